The summed E-state index contributed by atoms with van der Waals surface area (Å²) in [5.74, 6) is -0.189. The van der Waals surface area contributed by atoms with Crippen molar-refractivity contribution in [1.29, 1.82) is 0 Å². The van der Waals surface area contributed by atoms with Crippen molar-refractivity contribution in [2.45, 2.75) is 52.6 Å². The van der Waals surface area contributed by atoms with Gasteiger partial charge in [0.15, 0.2) is 5.13 Å². The van der Waals surface area contributed by atoms with E-state index in [1.165, 1.54) is 11.3 Å². The van der Waals surface area contributed by atoms with Gasteiger partial charge >= 0.3 is 0 Å². The van der Waals surface area contributed by atoms with E-state index in [2.05, 4.69) is 29.0 Å². The smallest absolute Gasteiger partial charge is 0.254 e. The van der Waals surface area contributed by atoms with Gasteiger partial charge in [-0.05, 0) is 27.7 Å². The number of aromatic nitrogens is 1. The molecule has 1 N–H and O–H groups in total. The number of nitrogens with one attached hydrogen (secondary N) is 1. The summed E-state index contributed by atoms with van der Waals surface area (Å²) < 4.78 is 16.4. The maximum absolute atomic E-state index is 12.1. The van der Waals surface area contributed by atoms with Crippen LogP contribution in [0.15, 0.2) is 5.38 Å². The summed E-state index contributed by atoms with van der Waals surface area (Å²) in [4.78, 5) is 19.0. The van der Waals surface area contributed by atoms with Gasteiger partial charge in [0.2, 0.25) is 0 Å². The van der Waals surface area contributed by atoms with E-state index in [1.807, 2.05) is 12.3 Å². The Kier molecular flexibility index (Phi) is 8.25. The van der Waals surface area contributed by atoms with E-state index in [0.29, 0.717) is 25.0 Å². The van der Waals surface area contributed by atoms with Crippen molar-refractivity contribution in [3.8, 4) is 0 Å². The Morgan fingerprint density at radius 1 is 1.44 bits per heavy atom. The molecule has 1 aromatic heterocycles. The first kappa shape index (κ1) is 20.3. The average molecular weight is 372 g/mol. The van der Waals surface area contributed by atoms with E-state index in [-0.39, 0.29) is 18.1 Å². The van der Waals surface area contributed by atoms with Crippen molar-refractivity contribution >= 4 is 22.4 Å². The molecule has 1 fully saturated rings. The van der Waals surface area contributed by atoms with Gasteiger partial charge in [0.25, 0.3) is 5.91 Å². The van der Waals surface area contributed by atoms with Gasteiger partial charge < -0.3 is 14.2 Å². The second kappa shape index (κ2) is 10.2. The zero-order valence-corrected chi connectivity index (χ0v) is 16.3. The highest BCUT2D eigenvalue weighted by atomic mass is 32.1. The molecule has 3 unspecified atom stereocenters. The van der Waals surface area contributed by atoms with Gasteiger partial charge in [-0.1, -0.05) is 0 Å². The molecule has 0 radical (unpaired) electrons. The molecule has 7 nitrogen and oxygen atoms in total. The lowest BCUT2D eigenvalue weighted by Crippen LogP contribution is -2.44. The fraction of sp³-hybridized carbons (Fsp3) is 0.765. The zero-order valence-electron chi connectivity index (χ0n) is 15.5. The van der Waals surface area contributed by atoms with E-state index in [0.717, 1.165) is 25.3 Å². The summed E-state index contributed by atoms with van der Waals surface area (Å²) in [6.45, 7) is 11.9. The van der Waals surface area contributed by atoms with Crippen LogP contribution in [0.3, 0.4) is 0 Å². The molecule has 0 aliphatic carbocycles. The lowest BCUT2D eigenvalue weighted by Gasteiger charge is -2.34. The zero-order chi connectivity index (χ0) is 18.2. The van der Waals surface area contributed by atoms with Crippen molar-refractivity contribution in [3.63, 3.8) is 0 Å². The predicted molar refractivity (Wildman–Crippen MR) is 97.9 cm³/mol. The van der Waals surface area contributed by atoms with Gasteiger partial charge in [-0.3, -0.25) is 15.0 Å². The average Bonchev–Trinajstić information content (AvgIpc) is 2.97. The fourth-order valence-electron chi connectivity index (χ4n) is 2.79. The first-order valence-electron chi connectivity index (χ1n) is 8.80. The standard InChI is InChI=1S/C17H29N3O4S/c1-5-22-6-7-23-14(4)16(21)19-17-18-15(11-25-17)10-20-8-12(2)24-13(3)9-20/h11-14H,5-10H2,1-4H3,(H,18,19,21). The minimum Gasteiger partial charge on any atom is -0.379 e. The highest BCUT2D eigenvalue weighted by molar-refractivity contribution is 7.13. The lowest BCUT2D eigenvalue weighted by molar-refractivity contribution is -0.127. The van der Waals surface area contributed by atoms with Crippen molar-refractivity contribution < 1.29 is 19.0 Å². The largest absolute Gasteiger partial charge is 0.379 e. The van der Waals surface area contributed by atoms with Gasteiger partial charge in [0.05, 0.1) is 31.1 Å². The molecule has 0 aromatic carbocycles. The molecular formula is C17H29N3O4S. The van der Waals surface area contributed by atoms with Crippen molar-refractivity contribution in [3.05, 3.63) is 11.1 Å². The number of rotatable bonds is 9. The van der Waals surface area contributed by atoms with Crippen LogP contribution < -0.4 is 5.32 Å². The third-order valence-electron chi connectivity index (χ3n) is 3.83. The normalized spacial score (nSPS) is 22.7. The topological polar surface area (TPSA) is 72.9 Å². The molecule has 0 bridgehead atoms. The van der Waals surface area contributed by atoms with Crippen LogP contribution >= 0.6 is 11.3 Å². The molecular weight excluding hydrogens is 342 g/mol. The molecule has 0 spiro atoms. The molecule has 0 saturated carbocycles. The third kappa shape index (κ3) is 6.99. The van der Waals surface area contributed by atoms with Crippen LogP contribution in [-0.4, -0.2) is 67.0 Å². The first-order chi connectivity index (χ1) is 12.0. The maximum Gasteiger partial charge on any atom is 0.254 e. The number of anilines is 1. The number of amides is 1. The van der Waals surface area contributed by atoms with Gasteiger partial charge in [0, 0.05) is 31.6 Å². The Bertz CT molecular complexity index is 530. The molecule has 2 rings (SSSR count). The quantitative estimate of drug-likeness (QED) is 0.671. The number of carbonyl (C=O) groups excluding carboxylic acids is 1. The monoisotopic (exact) mass is 371 g/mol. The van der Waals surface area contributed by atoms with Crippen LogP contribution in [0, 0.1) is 0 Å². The lowest BCUT2D eigenvalue weighted by atomic mass is 10.2. The van der Waals surface area contributed by atoms with Crippen LogP contribution in [0.2, 0.25) is 0 Å². The third-order valence-corrected chi connectivity index (χ3v) is 4.64. The molecule has 1 aromatic rings. The van der Waals surface area contributed by atoms with Crippen LogP contribution in [0.1, 0.15) is 33.4 Å². The van der Waals surface area contributed by atoms with E-state index < -0.39 is 6.10 Å². The number of nitrogens with zero attached hydrogens (tertiary/aromatic N) is 2. The predicted octanol–water partition coefficient (Wildman–Crippen LogP) is 2.13. The molecule has 25 heavy (non-hydrogen) atoms. The molecule has 1 saturated heterocycles. The Morgan fingerprint density at radius 3 is 2.84 bits per heavy atom. The summed E-state index contributed by atoms with van der Waals surface area (Å²) in [6, 6.07) is 0. The van der Waals surface area contributed by atoms with Gasteiger partial charge in [-0.15, -0.1) is 11.3 Å². The highest BCUT2D eigenvalue weighted by Crippen LogP contribution is 2.19. The number of carbonyl (C=O) groups is 1. The number of hydrogen-bond donors (Lipinski definition) is 1. The van der Waals surface area contributed by atoms with Crippen molar-refractivity contribution in [1.82, 2.24) is 9.88 Å². The second-order valence-electron chi connectivity index (χ2n) is 6.29. The molecule has 1 amide bonds. The Hall–Kier alpha value is -1.06. The van der Waals surface area contributed by atoms with E-state index in [1.54, 1.807) is 6.92 Å². The SMILES string of the molecule is CCOCCOC(C)C(=O)Nc1nc(CN2CC(C)OC(C)C2)cs1. The van der Waals surface area contributed by atoms with Crippen molar-refractivity contribution in [2.75, 3.05) is 38.2 Å². The first-order valence-corrected chi connectivity index (χ1v) is 9.68. The van der Waals surface area contributed by atoms with Crippen LogP contribution in [-0.2, 0) is 25.5 Å². The van der Waals surface area contributed by atoms with Gasteiger partial charge in [-0.25, -0.2) is 4.98 Å². The van der Waals surface area contributed by atoms with Gasteiger partial charge in [0.1, 0.15) is 6.10 Å². The second-order valence-corrected chi connectivity index (χ2v) is 7.15. The molecule has 1 aliphatic rings. The summed E-state index contributed by atoms with van der Waals surface area (Å²) in [5, 5.41) is 5.41. The number of thiazole rings is 1. The van der Waals surface area contributed by atoms with Crippen LogP contribution in [0.25, 0.3) is 0 Å². The summed E-state index contributed by atoms with van der Waals surface area (Å²) in [6.07, 6.45) is -0.0683. The Morgan fingerprint density at radius 2 is 2.16 bits per heavy atom. The number of ether oxygens (including phenoxy) is 3. The molecule has 3 atom stereocenters. The van der Waals surface area contributed by atoms with E-state index in [4.69, 9.17) is 14.2 Å². The maximum atomic E-state index is 12.1. The Balaban J connectivity index is 1.77. The minimum atomic E-state index is -0.534. The molecule has 142 valence electrons. The number of hydrogen-bond acceptors (Lipinski definition) is 7. The highest BCUT2D eigenvalue weighted by Gasteiger charge is 2.23. The van der Waals surface area contributed by atoms with Crippen LogP contribution in [0.5, 0.6) is 0 Å². The molecule has 1 aliphatic heterocycles. The molecule has 8 heteroatoms. The van der Waals surface area contributed by atoms with Crippen LogP contribution in [0.4, 0.5) is 5.13 Å². The fourth-order valence-corrected chi connectivity index (χ4v) is 3.49. The van der Waals surface area contributed by atoms with Crippen molar-refractivity contribution in [2.24, 2.45) is 0 Å². The summed E-state index contributed by atoms with van der Waals surface area (Å²) >= 11 is 1.44. The summed E-state index contributed by atoms with van der Waals surface area (Å²) in [5.41, 5.74) is 0.964. The number of morpholine rings is 1. The van der Waals surface area contributed by atoms with E-state index >= 15 is 0 Å². The minimum absolute atomic E-state index is 0.189. The molecule has 2 heterocycles. The Labute approximate surface area is 153 Å². The van der Waals surface area contributed by atoms with E-state index in [9.17, 15) is 4.79 Å². The summed E-state index contributed by atoms with van der Waals surface area (Å²) in [7, 11) is 0. The van der Waals surface area contributed by atoms with Gasteiger partial charge in [-0.2, -0.15) is 0 Å².